The van der Waals surface area contributed by atoms with Gasteiger partial charge in [0.1, 0.15) is 0 Å². The molecule has 0 nitrogen and oxygen atoms in total. The van der Waals surface area contributed by atoms with Gasteiger partial charge in [-0.15, -0.1) is 0 Å². The fraction of sp³-hybridized carbons (Fsp3) is 0.268. The predicted molar refractivity (Wildman–Crippen MR) is 352 cm³/mol. The molecule has 14 rings (SSSR count). The molecule has 406 valence electrons. The summed E-state index contributed by atoms with van der Waals surface area (Å²) in [7, 11) is 0. The van der Waals surface area contributed by atoms with Gasteiger partial charge in [-0.25, -0.2) is 0 Å². The molecule has 8 aromatic rings. The van der Waals surface area contributed by atoms with Crippen molar-refractivity contribution in [2.45, 2.75) is 141 Å². The molecule has 6 aliphatic rings. The Morgan fingerprint density at radius 1 is 0.232 bits per heavy atom. The van der Waals surface area contributed by atoms with E-state index in [4.69, 9.17) is 0 Å². The third-order valence-electron chi connectivity index (χ3n) is 19.1. The molecule has 6 aliphatic carbocycles. The molecule has 4 fully saturated rings. The Morgan fingerprint density at radius 3 is 0.756 bits per heavy atom. The highest BCUT2D eigenvalue weighted by Gasteiger charge is 2.23. The van der Waals surface area contributed by atoms with Crippen LogP contribution < -0.4 is 0 Å². The number of hydrogen-bond acceptors (Lipinski definition) is 0. The first kappa shape index (κ1) is 52.3. The third-order valence-corrected chi connectivity index (χ3v) is 19.1. The van der Waals surface area contributed by atoms with Gasteiger partial charge in [-0.05, 0) is 250 Å². The van der Waals surface area contributed by atoms with Crippen LogP contribution in [0.2, 0.25) is 0 Å². The van der Waals surface area contributed by atoms with Crippen LogP contribution in [0.1, 0.15) is 206 Å². The maximum absolute atomic E-state index is 2.47. The van der Waals surface area contributed by atoms with Crippen molar-refractivity contribution in [3.8, 4) is 33.4 Å². The highest BCUT2D eigenvalue weighted by atomic mass is 14.3. The number of benzene rings is 8. The topological polar surface area (TPSA) is 0 Å². The summed E-state index contributed by atoms with van der Waals surface area (Å²) >= 11 is 0. The van der Waals surface area contributed by atoms with Crippen molar-refractivity contribution in [2.75, 3.05) is 0 Å². The summed E-state index contributed by atoms with van der Waals surface area (Å²) in [4.78, 5) is 0. The number of rotatable bonds is 11. The third kappa shape index (κ3) is 11.8. The van der Waals surface area contributed by atoms with Gasteiger partial charge in [0.05, 0.1) is 0 Å². The molecule has 0 saturated heterocycles. The Labute approximate surface area is 489 Å². The van der Waals surface area contributed by atoms with Crippen LogP contribution >= 0.6 is 0 Å². The lowest BCUT2D eigenvalue weighted by molar-refractivity contribution is 0.602. The van der Waals surface area contributed by atoms with Crippen molar-refractivity contribution in [1.29, 1.82) is 0 Å². The minimum absolute atomic E-state index is 0.946. The molecule has 0 atom stereocenters. The molecule has 0 spiro atoms. The Balaban J connectivity index is 0.711. The number of fused-ring (bicyclic) bond motifs is 6. The molecule has 82 heavy (non-hydrogen) atoms. The maximum atomic E-state index is 2.47. The van der Waals surface area contributed by atoms with E-state index in [0.717, 1.165) is 12.8 Å². The lowest BCUT2D eigenvalue weighted by atomic mass is 9.91. The molecule has 0 heteroatoms. The van der Waals surface area contributed by atoms with Crippen LogP contribution in [0.15, 0.2) is 192 Å². The second kappa shape index (κ2) is 24.0. The lowest BCUT2D eigenvalue weighted by Crippen LogP contribution is -1.94. The summed E-state index contributed by atoms with van der Waals surface area (Å²) in [5, 5.41) is 0. The smallest absolute Gasteiger partial charge is 0.00130 e. The first-order valence-electron chi connectivity index (χ1n) is 31.7. The Bertz CT molecular complexity index is 3420. The first-order chi connectivity index (χ1) is 40.5. The van der Waals surface area contributed by atoms with E-state index >= 15 is 0 Å². The van der Waals surface area contributed by atoms with Gasteiger partial charge < -0.3 is 0 Å². The SMILES string of the molecule is C(=C1CCCCC1)c1ccc(C(=Cc2ccc3c(c2)Cc2cc(-c4ccc5c(c4)Cc4cc(C=C(c6ccc(C=C7CCCCC7)cc6)c6ccc(C=C7CCCCC7)cc6)ccc4-5)ccc2-3)c2ccc(C=C3CCCCC3)cc2)cc1. The summed E-state index contributed by atoms with van der Waals surface area (Å²) in [6.45, 7) is 0. The van der Waals surface area contributed by atoms with E-state index < -0.39 is 0 Å². The second-order valence-electron chi connectivity index (χ2n) is 25.0. The largest absolute Gasteiger partial charge is 0.0696 e. The van der Waals surface area contributed by atoms with E-state index in [1.165, 1.54) is 251 Å². The molecule has 0 N–H and O–H groups in total. The van der Waals surface area contributed by atoms with Crippen LogP contribution in [0.4, 0.5) is 0 Å². The normalized spacial score (nSPS) is 16.3. The highest BCUT2D eigenvalue weighted by Crippen LogP contribution is 2.44. The number of hydrogen-bond donors (Lipinski definition) is 0. The van der Waals surface area contributed by atoms with Gasteiger partial charge in [0, 0.05) is 0 Å². The predicted octanol–water partition coefficient (Wildman–Crippen LogP) is 23.1. The standard InChI is InChI=1S/C82H78/c1-5-13-57(14-6-1)45-61-21-31-67(32-22-61)81(68-33-23-62(24-34-68)46-58-15-7-2-8-16-58)51-65-29-41-77-73(49-65)55-75-53-71(39-43-79(75)77)72-40-44-80-76(54-72)56-74-50-66(30-42-78(74)80)52-82(69-35-25-63(26-36-69)47-59-17-9-3-10-18-59)70-37-27-64(28-38-70)48-60-19-11-4-12-20-60/h21-54H,1-20,55-56H2. The van der Waals surface area contributed by atoms with E-state index in [1.54, 1.807) is 22.3 Å². The maximum Gasteiger partial charge on any atom is -0.00130 e. The van der Waals surface area contributed by atoms with Gasteiger partial charge >= 0.3 is 0 Å². The summed E-state index contributed by atoms with van der Waals surface area (Å²) < 4.78 is 0. The Kier molecular flexibility index (Phi) is 15.3. The molecule has 0 bridgehead atoms. The van der Waals surface area contributed by atoms with Crippen LogP contribution in [0.5, 0.6) is 0 Å². The molecule has 0 aliphatic heterocycles. The van der Waals surface area contributed by atoms with E-state index in [2.05, 4.69) is 206 Å². The minimum Gasteiger partial charge on any atom is -0.0696 e. The van der Waals surface area contributed by atoms with Crippen LogP contribution in [0, 0.1) is 0 Å². The average Bonchev–Trinajstić information content (AvgIpc) is 4.28. The summed E-state index contributed by atoms with van der Waals surface area (Å²) in [6, 6.07) is 66.2. The molecular formula is C82H78. The van der Waals surface area contributed by atoms with Gasteiger partial charge in [-0.3, -0.25) is 0 Å². The van der Waals surface area contributed by atoms with Gasteiger partial charge in [-0.1, -0.05) is 242 Å². The summed E-state index contributed by atoms with van der Waals surface area (Å²) in [6.07, 6.45) is 42.6. The summed E-state index contributed by atoms with van der Waals surface area (Å²) in [5.74, 6) is 0. The van der Waals surface area contributed by atoms with Crippen molar-refractivity contribution in [1.82, 2.24) is 0 Å². The quantitative estimate of drug-likeness (QED) is 0.113. The average molecular weight is 1060 g/mol. The zero-order valence-electron chi connectivity index (χ0n) is 48.2. The van der Waals surface area contributed by atoms with Gasteiger partial charge in [0.15, 0.2) is 0 Å². The second-order valence-corrected chi connectivity index (χ2v) is 25.0. The molecule has 0 heterocycles. The van der Waals surface area contributed by atoms with E-state index in [0.29, 0.717) is 0 Å². The van der Waals surface area contributed by atoms with Gasteiger partial charge in [0.25, 0.3) is 0 Å². The zero-order valence-corrected chi connectivity index (χ0v) is 48.2. The molecule has 8 aromatic carbocycles. The summed E-state index contributed by atoms with van der Waals surface area (Å²) in [5.41, 5.74) is 35.5. The van der Waals surface area contributed by atoms with Gasteiger partial charge in [0.2, 0.25) is 0 Å². The molecular weight excluding hydrogens is 985 g/mol. The van der Waals surface area contributed by atoms with Crippen LogP contribution in [-0.4, -0.2) is 0 Å². The van der Waals surface area contributed by atoms with E-state index in [1.807, 2.05) is 0 Å². The van der Waals surface area contributed by atoms with Crippen molar-refractivity contribution >= 4 is 47.6 Å². The Morgan fingerprint density at radius 2 is 0.476 bits per heavy atom. The number of allylic oxidation sites excluding steroid dienone is 4. The fourth-order valence-corrected chi connectivity index (χ4v) is 14.6. The van der Waals surface area contributed by atoms with Gasteiger partial charge in [-0.2, -0.15) is 0 Å². The Hall–Kier alpha value is -7.80. The molecule has 0 unspecified atom stereocenters. The van der Waals surface area contributed by atoms with Crippen molar-refractivity contribution in [2.24, 2.45) is 0 Å². The van der Waals surface area contributed by atoms with Crippen molar-refractivity contribution < 1.29 is 0 Å². The van der Waals surface area contributed by atoms with Crippen LogP contribution in [0.3, 0.4) is 0 Å². The van der Waals surface area contributed by atoms with Crippen LogP contribution in [-0.2, 0) is 12.8 Å². The van der Waals surface area contributed by atoms with Crippen molar-refractivity contribution in [3.63, 3.8) is 0 Å². The van der Waals surface area contributed by atoms with E-state index in [-0.39, 0.29) is 0 Å². The van der Waals surface area contributed by atoms with Crippen molar-refractivity contribution in [3.05, 3.63) is 270 Å². The monoisotopic (exact) mass is 1060 g/mol. The fourth-order valence-electron chi connectivity index (χ4n) is 14.6. The lowest BCUT2D eigenvalue weighted by Gasteiger charge is -2.15. The molecule has 0 aromatic heterocycles. The molecule has 4 saturated carbocycles. The van der Waals surface area contributed by atoms with Crippen LogP contribution in [0.25, 0.3) is 81.0 Å². The molecule has 0 radical (unpaired) electrons. The zero-order chi connectivity index (χ0) is 54.6. The first-order valence-corrected chi connectivity index (χ1v) is 31.7. The molecule has 0 amide bonds. The van der Waals surface area contributed by atoms with E-state index in [9.17, 15) is 0 Å². The minimum atomic E-state index is 0.946. The highest BCUT2D eigenvalue weighted by molar-refractivity contribution is 5.94.